The Morgan fingerprint density at radius 2 is 2.05 bits per heavy atom. The van der Waals surface area contributed by atoms with Crippen LogP contribution in [0, 0.1) is 0 Å². The van der Waals surface area contributed by atoms with E-state index in [-0.39, 0.29) is 23.1 Å². The van der Waals surface area contributed by atoms with E-state index in [0.717, 1.165) is 16.7 Å². The zero-order valence-electron chi connectivity index (χ0n) is 11.9. The highest BCUT2D eigenvalue weighted by molar-refractivity contribution is 7.98. The second-order valence-corrected chi connectivity index (χ2v) is 5.47. The van der Waals surface area contributed by atoms with E-state index in [2.05, 4.69) is 5.32 Å². The summed E-state index contributed by atoms with van der Waals surface area (Å²) in [4.78, 5) is 24.1. The van der Waals surface area contributed by atoms with Crippen LogP contribution in [-0.2, 0) is 13.6 Å². The Morgan fingerprint density at radius 1 is 1.42 bits per heavy atom. The van der Waals surface area contributed by atoms with Crippen LogP contribution in [0.5, 0.6) is 0 Å². The van der Waals surface area contributed by atoms with Crippen LogP contribution in [0.25, 0.3) is 0 Å². The van der Waals surface area contributed by atoms with Gasteiger partial charge in [-0.15, -0.1) is 0 Å². The molecule has 1 unspecified atom stereocenters. The van der Waals surface area contributed by atoms with Crippen LogP contribution in [0.15, 0.2) is 9.59 Å². The van der Waals surface area contributed by atoms with Crippen molar-refractivity contribution in [2.45, 2.75) is 32.9 Å². The molecule has 108 valence electrons. The normalized spacial score (nSPS) is 12.4. The number of nitrogens with zero attached hydrogens (tertiary/aromatic N) is 2. The van der Waals surface area contributed by atoms with Crippen LogP contribution in [0.2, 0.25) is 0 Å². The monoisotopic (exact) mass is 286 g/mol. The molecule has 0 bridgehead atoms. The zero-order chi connectivity index (χ0) is 14.6. The Labute approximate surface area is 117 Å². The highest BCUT2D eigenvalue weighted by Crippen LogP contribution is 2.13. The Balaban J connectivity index is 3.31. The Kier molecular flexibility index (Phi) is 5.53. The summed E-state index contributed by atoms with van der Waals surface area (Å²) in [5, 5.41) is 3.11. The molecule has 1 aromatic heterocycles. The molecule has 0 saturated heterocycles. The van der Waals surface area contributed by atoms with E-state index in [1.807, 2.05) is 20.1 Å². The van der Waals surface area contributed by atoms with Crippen molar-refractivity contribution < 1.29 is 0 Å². The summed E-state index contributed by atoms with van der Waals surface area (Å²) >= 11 is 1.68. The van der Waals surface area contributed by atoms with Gasteiger partial charge in [-0.25, -0.2) is 4.79 Å². The summed E-state index contributed by atoms with van der Waals surface area (Å²) in [5.41, 5.74) is 5.54. The molecule has 0 fully saturated rings. The molecule has 19 heavy (non-hydrogen) atoms. The van der Waals surface area contributed by atoms with Gasteiger partial charge in [-0.3, -0.25) is 13.9 Å². The van der Waals surface area contributed by atoms with Gasteiger partial charge in [0.05, 0.1) is 0 Å². The number of nitrogens with two attached hydrogens (primary N) is 1. The van der Waals surface area contributed by atoms with Gasteiger partial charge in [0.2, 0.25) is 0 Å². The molecule has 0 spiro atoms. The van der Waals surface area contributed by atoms with Crippen molar-refractivity contribution in [2.24, 2.45) is 7.05 Å². The average Bonchev–Trinajstić information content (AvgIpc) is 2.38. The summed E-state index contributed by atoms with van der Waals surface area (Å²) in [6.45, 7) is 4.44. The Morgan fingerprint density at radius 3 is 2.58 bits per heavy atom. The van der Waals surface area contributed by atoms with Gasteiger partial charge in [-0.1, -0.05) is 6.92 Å². The number of aromatic nitrogens is 2. The molecule has 1 aromatic rings. The molecule has 0 aliphatic carbocycles. The SMILES string of the molecule is CCCn1c(N)c(NC(C)CSC)c(=O)n(C)c1=O. The second-order valence-electron chi connectivity index (χ2n) is 4.56. The fraction of sp³-hybridized carbons (Fsp3) is 0.667. The van der Waals surface area contributed by atoms with Crippen molar-refractivity contribution in [1.29, 1.82) is 0 Å². The highest BCUT2D eigenvalue weighted by Gasteiger charge is 2.16. The fourth-order valence-electron chi connectivity index (χ4n) is 1.90. The molecular weight excluding hydrogens is 264 g/mol. The van der Waals surface area contributed by atoms with Gasteiger partial charge in [0.15, 0.2) is 0 Å². The minimum absolute atomic E-state index is 0.109. The number of thioether (sulfide) groups is 1. The lowest BCUT2D eigenvalue weighted by Crippen LogP contribution is -2.41. The molecule has 6 nitrogen and oxygen atoms in total. The van der Waals surface area contributed by atoms with Crippen LogP contribution in [-0.4, -0.2) is 27.2 Å². The van der Waals surface area contributed by atoms with Gasteiger partial charge in [0.25, 0.3) is 5.56 Å². The first-order chi connectivity index (χ1) is 8.93. The number of anilines is 2. The van der Waals surface area contributed by atoms with E-state index < -0.39 is 0 Å². The van der Waals surface area contributed by atoms with Crippen LogP contribution in [0.4, 0.5) is 11.5 Å². The quantitative estimate of drug-likeness (QED) is 0.804. The lowest BCUT2D eigenvalue weighted by Gasteiger charge is -2.18. The second kappa shape index (κ2) is 6.70. The zero-order valence-corrected chi connectivity index (χ0v) is 12.7. The van der Waals surface area contributed by atoms with Crippen LogP contribution < -0.4 is 22.3 Å². The van der Waals surface area contributed by atoms with E-state index in [0.29, 0.717) is 12.2 Å². The van der Waals surface area contributed by atoms with E-state index in [9.17, 15) is 9.59 Å². The van der Waals surface area contributed by atoms with Gasteiger partial charge in [0, 0.05) is 25.4 Å². The molecule has 0 amide bonds. The number of nitrogens with one attached hydrogen (secondary N) is 1. The molecule has 0 aliphatic heterocycles. The summed E-state index contributed by atoms with van der Waals surface area (Å²) in [7, 11) is 1.47. The highest BCUT2D eigenvalue weighted by atomic mass is 32.2. The predicted octanol–water partition coefficient (Wildman–Crippen LogP) is 0.703. The summed E-state index contributed by atoms with van der Waals surface area (Å²) in [6, 6.07) is 0.109. The minimum atomic E-state index is -0.372. The average molecular weight is 286 g/mol. The molecule has 0 aliphatic rings. The molecular formula is C12H22N4O2S. The molecule has 1 rings (SSSR count). The lowest BCUT2D eigenvalue weighted by atomic mass is 10.3. The van der Waals surface area contributed by atoms with Crippen LogP contribution >= 0.6 is 11.8 Å². The molecule has 3 N–H and O–H groups in total. The maximum absolute atomic E-state index is 12.1. The molecule has 0 saturated carbocycles. The first-order valence-corrected chi connectivity index (χ1v) is 7.68. The van der Waals surface area contributed by atoms with Crippen molar-refractivity contribution in [2.75, 3.05) is 23.1 Å². The Hall–Kier alpha value is -1.37. The molecule has 0 radical (unpaired) electrons. The number of hydrogen-bond acceptors (Lipinski definition) is 5. The predicted molar refractivity (Wildman–Crippen MR) is 82.1 cm³/mol. The van der Waals surface area contributed by atoms with Gasteiger partial charge in [-0.05, 0) is 19.6 Å². The topological polar surface area (TPSA) is 82.0 Å². The van der Waals surface area contributed by atoms with Crippen LogP contribution in [0.1, 0.15) is 20.3 Å². The summed E-state index contributed by atoms with van der Waals surface area (Å²) in [5.74, 6) is 1.08. The number of nitrogen functional groups attached to an aromatic ring is 1. The maximum Gasteiger partial charge on any atom is 0.332 e. The maximum atomic E-state index is 12.1. The first-order valence-electron chi connectivity index (χ1n) is 6.28. The fourth-order valence-corrected chi connectivity index (χ4v) is 2.48. The van der Waals surface area contributed by atoms with Crippen LogP contribution in [0.3, 0.4) is 0 Å². The van der Waals surface area contributed by atoms with Crippen molar-refractivity contribution >= 4 is 23.3 Å². The molecule has 1 heterocycles. The van der Waals surface area contributed by atoms with Crippen molar-refractivity contribution in [3.05, 3.63) is 20.8 Å². The lowest BCUT2D eigenvalue weighted by molar-refractivity contribution is 0.599. The van der Waals surface area contributed by atoms with Gasteiger partial charge in [0.1, 0.15) is 11.5 Å². The largest absolute Gasteiger partial charge is 0.383 e. The summed E-state index contributed by atoms with van der Waals surface area (Å²) in [6.07, 6.45) is 2.78. The smallest absolute Gasteiger partial charge is 0.332 e. The number of hydrogen-bond donors (Lipinski definition) is 2. The van der Waals surface area contributed by atoms with E-state index in [1.165, 1.54) is 11.6 Å². The third kappa shape index (κ3) is 3.34. The van der Waals surface area contributed by atoms with E-state index in [1.54, 1.807) is 11.8 Å². The third-order valence-corrected chi connectivity index (χ3v) is 3.67. The Bertz CT molecular complexity index is 550. The summed E-state index contributed by atoms with van der Waals surface area (Å²) < 4.78 is 2.54. The molecule has 0 aromatic carbocycles. The van der Waals surface area contributed by atoms with Gasteiger partial charge in [-0.2, -0.15) is 11.8 Å². The van der Waals surface area contributed by atoms with Gasteiger partial charge < -0.3 is 11.1 Å². The van der Waals surface area contributed by atoms with Crippen molar-refractivity contribution in [3.63, 3.8) is 0 Å². The van der Waals surface area contributed by atoms with Gasteiger partial charge >= 0.3 is 5.69 Å². The molecule has 7 heteroatoms. The molecule has 1 atom stereocenters. The number of rotatable bonds is 6. The first kappa shape index (κ1) is 15.7. The van der Waals surface area contributed by atoms with E-state index >= 15 is 0 Å². The van der Waals surface area contributed by atoms with Crippen molar-refractivity contribution in [3.8, 4) is 0 Å². The van der Waals surface area contributed by atoms with Crippen molar-refractivity contribution in [1.82, 2.24) is 9.13 Å². The minimum Gasteiger partial charge on any atom is -0.383 e. The third-order valence-electron chi connectivity index (χ3n) is 2.84. The van der Waals surface area contributed by atoms with E-state index in [4.69, 9.17) is 5.73 Å². The standard InChI is InChI=1S/C12H22N4O2S/c1-5-6-16-10(13)9(14-8(2)7-19-4)11(17)15(3)12(16)18/h8,14H,5-7,13H2,1-4H3.